The molecular weight excluding hydrogens is 186 g/mol. The Bertz CT molecular complexity index is 220. The van der Waals surface area contributed by atoms with Gasteiger partial charge in [0.1, 0.15) is 5.60 Å². The smallest absolute Gasteiger partial charge is 0.426 e. The van der Waals surface area contributed by atoms with Gasteiger partial charge in [-0.15, -0.1) is 0 Å². The maximum absolute atomic E-state index is 11.0. The van der Waals surface area contributed by atoms with Crippen molar-refractivity contribution >= 4 is 12.0 Å². The Labute approximate surface area is 83.1 Å². The van der Waals surface area contributed by atoms with Gasteiger partial charge in [-0.3, -0.25) is 10.2 Å². The minimum absolute atomic E-state index is 0.476. The first-order valence-corrected chi connectivity index (χ1v) is 4.27. The SMILES string of the molecule is CC(N)C(=O)NNC(=O)OC(C)(C)C. The number of ether oxygens (including phenoxy) is 1. The summed E-state index contributed by atoms with van der Waals surface area (Å²) in [6.07, 6.45) is -0.716. The maximum atomic E-state index is 11.0. The Morgan fingerprint density at radius 2 is 1.79 bits per heavy atom. The first-order chi connectivity index (χ1) is 6.22. The van der Waals surface area contributed by atoms with E-state index in [-0.39, 0.29) is 0 Å². The minimum atomic E-state index is -0.716. The van der Waals surface area contributed by atoms with Gasteiger partial charge >= 0.3 is 6.09 Å². The molecule has 6 nitrogen and oxygen atoms in total. The molecule has 0 aromatic rings. The van der Waals surface area contributed by atoms with Gasteiger partial charge in [0.25, 0.3) is 5.91 Å². The van der Waals surface area contributed by atoms with Gasteiger partial charge in [-0.2, -0.15) is 0 Å². The van der Waals surface area contributed by atoms with Gasteiger partial charge in [-0.25, -0.2) is 10.2 Å². The summed E-state index contributed by atoms with van der Waals surface area (Å²) in [7, 11) is 0. The number of carbonyl (C=O) groups is 2. The Hall–Kier alpha value is -1.30. The highest BCUT2D eigenvalue weighted by molar-refractivity contribution is 5.83. The summed E-state index contributed by atoms with van der Waals surface area (Å²) in [5.41, 5.74) is 8.85. The van der Waals surface area contributed by atoms with E-state index >= 15 is 0 Å². The maximum Gasteiger partial charge on any atom is 0.426 e. The lowest BCUT2D eigenvalue weighted by Crippen LogP contribution is -2.49. The topological polar surface area (TPSA) is 93.5 Å². The van der Waals surface area contributed by atoms with E-state index in [9.17, 15) is 9.59 Å². The van der Waals surface area contributed by atoms with Crippen molar-refractivity contribution < 1.29 is 14.3 Å². The standard InChI is InChI=1S/C8H17N3O3/c1-5(9)6(12)10-11-7(13)14-8(2,3)4/h5H,9H2,1-4H3,(H,10,12)(H,11,13). The van der Waals surface area contributed by atoms with Crippen molar-refractivity contribution in [3.63, 3.8) is 0 Å². The van der Waals surface area contributed by atoms with E-state index in [0.29, 0.717) is 0 Å². The number of hydrazine groups is 1. The predicted octanol–water partition coefficient (Wildman–Crippen LogP) is -0.111. The molecule has 0 saturated carbocycles. The van der Waals surface area contributed by atoms with E-state index in [4.69, 9.17) is 10.5 Å². The number of amides is 2. The fourth-order valence-corrected chi connectivity index (χ4v) is 0.530. The van der Waals surface area contributed by atoms with E-state index in [2.05, 4.69) is 10.9 Å². The molecule has 14 heavy (non-hydrogen) atoms. The van der Waals surface area contributed by atoms with Crippen molar-refractivity contribution in [3.05, 3.63) is 0 Å². The monoisotopic (exact) mass is 203 g/mol. The molecule has 4 N–H and O–H groups in total. The number of nitrogens with one attached hydrogen (secondary N) is 2. The zero-order valence-electron chi connectivity index (χ0n) is 8.88. The molecule has 0 aliphatic rings. The largest absolute Gasteiger partial charge is 0.443 e. The van der Waals surface area contributed by atoms with Gasteiger partial charge in [0.15, 0.2) is 0 Å². The Morgan fingerprint density at radius 3 is 2.14 bits per heavy atom. The van der Waals surface area contributed by atoms with E-state index in [1.807, 2.05) is 0 Å². The van der Waals surface area contributed by atoms with Crippen molar-refractivity contribution in [2.75, 3.05) is 0 Å². The first kappa shape index (κ1) is 12.7. The average molecular weight is 203 g/mol. The number of nitrogens with two attached hydrogens (primary N) is 1. The van der Waals surface area contributed by atoms with Crippen LogP contribution in [0.5, 0.6) is 0 Å². The molecule has 0 aromatic carbocycles. The van der Waals surface area contributed by atoms with E-state index in [1.165, 1.54) is 6.92 Å². The van der Waals surface area contributed by atoms with Crippen LogP contribution in [0.25, 0.3) is 0 Å². The fraction of sp³-hybridized carbons (Fsp3) is 0.750. The van der Waals surface area contributed by atoms with Crippen molar-refractivity contribution in [2.45, 2.75) is 39.3 Å². The van der Waals surface area contributed by atoms with Crippen LogP contribution in [0.1, 0.15) is 27.7 Å². The highest BCUT2D eigenvalue weighted by Crippen LogP contribution is 2.05. The van der Waals surface area contributed by atoms with Crippen LogP contribution in [0.3, 0.4) is 0 Å². The third kappa shape index (κ3) is 6.24. The van der Waals surface area contributed by atoms with Crippen LogP contribution in [0.15, 0.2) is 0 Å². The van der Waals surface area contributed by atoms with Crippen LogP contribution in [0.4, 0.5) is 4.79 Å². The molecule has 1 unspecified atom stereocenters. The third-order valence-corrected chi connectivity index (χ3v) is 1.10. The zero-order chi connectivity index (χ0) is 11.4. The van der Waals surface area contributed by atoms with Gasteiger partial charge < -0.3 is 10.5 Å². The number of hydrogen-bond donors (Lipinski definition) is 3. The lowest BCUT2D eigenvalue weighted by molar-refractivity contribution is -0.123. The average Bonchev–Trinajstić information content (AvgIpc) is 1.96. The molecule has 0 saturated heterocycles. The molecule has 1 atom stereocenters. The molecule has 0 rings (SSSR count). The Kier molecular flexibility index (Phi) is 4.36. The third-order valence-electron chi connectivity index (χ3n) is 1.10. The molecule has 0 radical (unpaired) electrons. The van der Waals surface area contributed by atoms with Gasteiger partial charge in [0, 0.05) is 0 Å². The summed E-state index contributed by atoms with van der Waals surface area (Å²) >= 11 is 0. The predicted molar refractivity (Wildman–Crippen MR) is 51.2 cm³/mol. The molecule has 0 aliphatic carbocycles. The highest BCUT2D eigenvalue weighted by atomic mass is 16.6. The Balaban J connectivity index is 3.81. The second-order valence-electron chi connectivity index (χ2n) is 3.90. The second kappa shape index (κ2) is 4.80. The van der Waals surface area contributed by atoms with E-state index in [1.54, 1.807) is 20.8 Å². The molecule has 6 heteroatoms. The van der Waals surface area contributed by atoms with E-state index < -0.39 is 23.6 Å². The lowest BCUT2D eigenvalue weighted by atomic mass is 10.2. The second-order valence-corrected chi connectivity index (χ2v) is 3.90. The minimum Gasteiger partial charge on any atom is -0.443 e. The lowest BCUT2D eigenvalue weighted by Gasteiger charge is -2.19. The summed E-state index contributed by atoms with van der Waals surface area (Å²) in [4.78, 5) is 21.9. The number of hydrogen-bond acceptors (Lipinski definition) is 4. The molecule has 0 spiro atoms. The molecule has 0 aromatic heterocycles. The number of rotatable bonds is 1. The van der Waals surface area contributed by atoms with Crippen molar-refractivity contribution in [1.29, 1.82) is 0 Å². The molecule has 0 fully saturated rings. The van der Waals surface area contributed by atoms with Gasteiger partial charge in [0.2, 0.25) is 0 Å². The molecule has 0 bridgehead atoms. The highest BCUT2D eigenvalue weighted by Gasteiger charge is 2.16. The summed E-state index contributed by atoms with van der Waals surface area (Å²) in [6.45, 7) is 6.67. The normalized spacial score (nSPS) is 12.9. The summed E-state index contributed by atoms with van der Waals surface area (Å²) in [5.74, 6) is -0.476. The van der Waals surface area contributed by atoms with Crippen molar-refractivity contribution in [2.24, 2.45) is 5.73 Å². The number of carbonyl (C=O) groups excluding carboxylic acids is 2. The van der Waals surface area contributed by atoms with E-state index in [0.717, 1.165) is 0 Å². The summed E-state index contributed by atoms with van der Waals surface area (Å²) in [6, 6.07) is -0.676. The quantitative estimate of drug-likeness (QED) is 0.518. The van der Waals surface area contributed by atoms with Crippen molar-refractivity contribution in [3.8, 4) is 0 Å². The van der Waals surface area contributed by atoms with Crippen LogP contribution >= 0.6 is 0 Å². The molecular formula is C8H17N3O3. The first-order valence-electron chi connectivity index (χ1n) is 4.27. The van der Waals surface area contributed by atoms with Crippen LogP contribution in [0, 0.1) is 0 Å². The van der Waals surface area contributed by atoms with Crippen LogP contribution in [-0.2, 0) is 9.53 Å². The molecule has 2 amide bonds. The van der Waals surface area contributed by atoms with Gasteiger partial charge in [-0.05, 0) is 27.7 Å². The molecule has 0 heterocycles. The van der Waals surface area contributed by atoms with Crippen LogP contribution in [-0.4, -0.2) is 23.6 Å². The fourth-order valence-electron chi connectivity index (χ4n) is 0.530. The molecule has 82 valence electrons. The van der Waals surface area contributed by atoms with Crippen LogP contribution in [0.2, 0.25) is 0 Å². The Morgan fingerprint density at radius 1 is 1.29 bits per heavy atom. The van der Waals surface area contributed by atoms with Crippen molar-refractivity contribution in [1.82, 2.24) is 10.9 Å². The van der Waals surface area contributed by atoms with Crippen LogP contribution < -0.4 is 16.6 Å². The zero-order valence-corrected chi connectivity index (χ0v) is 8.88. The van der Waals surface area contributed by atoms with Gasteiger partial charge in [-0.1, -0.05) is 0 Å². The summed E-state index contributed by atoms with van der Waals surface area (Å²) < 4.78 is 4.86. The van der Waals surface area contributed by atoms with Gasteiger partial charge in [0.05, 0.1) is 6.04 Å². The summed E-state index contributed by atoms with van der Waals surface area (Å²) in [5, 5.41) is 0. The molecule has 0 aliphatic heterocycles.